The lowest BCUT2D eigenvalue weighted by atomic mass is 10.3. The van der Waals surface area contributed by atoms with Crippen LogP contribution in [-0.4, -0.2) is 49.1 Å². The molecule has 0 bridgehead atoms. The van der Waals surface area contributed by atoms with E-state index in [1.807, 2.05) is 0 Å². The third-order valence-electron chi connectivity index (χ3n) is 1.91. The number of ether oxygens (including phenoxy) is 2. The van der Waals surface area contributed by atoms with Gasteiger partial charge < -0.3 is 9.47 Å². The van der Waals surface area contributed by atoms with Crippen LogP contribution in [0.25, 0.3) is 0 Å². The molecule has 0 rings (SSSR count). The van der Waals surface area contributed by atoms with Crippen LogP contribution < -0.4 is 0 Å². The van der Waals surface area contributed by atoms with Gasteiger partial charge in [0, 0.05) is 6.08 Å². The monoisotopic (exact) mass is 356 g/mol. The molecule has 0 amide bonds. The van der Waals surface area contributed by atoms with Crippen molar-refractivity contribution in [1.29, 1.82) is 0 Å². The number of rotatable bonds is 7. The van der Waals surface area contributed by atoms with Crippen molar-refractivity contribution in [1.82, 2.24) is 0 Å². The number of carbonyl (C=O) groups is 2. The number of halogens is 5. The summed E-state index contributed by atoms with van der Waals surface area (Å²) in [6.07, 6.45) is -10.8. The highest BCUT2D eigenvalue weighted by atomic mass is 32.2. The summed E-state index contributed by atoms with van der Waals surface area (Å²) in [6, 6.07) is 0. The van der Waals surface area contributed by atoms with Gasteiger partial charge in [0.25, 0.3) is 6.10 Å². The molecule has 22 heavy (non-hydrogen) atoms. The molecule has 1 unspecified atom stereocenters. The maximum absolute atomic E-state index is 13.0. The summed E-state index contributed by atoms with van der Waals surface area (Å²) >= 11 is 0. The van der Waals surface area contributed by atoms with Crippen molar-refractivity contribution in [2.75, 3.05) is 6.61 Å². The minimum absolute atomic E-state index is 0.663. The Morgan fingerprint density at radius 2 is 1.73 bits per heavy atom. The molecule has 0 aromatic carbocycles. The Morgan fingerprint density at radius 3 is 2.09 bits per heavy atom. The fourth-order valence-electron chi connectivity index (χ4n) is 0.945. The molecule has 1 N–H and O–H groups in total. The predicted octanol–water partition coefficient (Wildman–Crippen LogP) is 1.06. The highest BCUT2D eigenvalue weighted by Gasteiger charge is 2.65. The van der Waals surface area contributed by atoms with E-state index in [9.17, 15) is 40.0 Å². The molecular weight excluding hydrogens is 347 g/mol. The fourth-order valence-corrected chi connectivity index (χ4v) is 1.40. The first-order chi connectivity index (χ1) is 9.73. The van der Waals surface area contributed by atoms with Crippen LogP contribution in [0, 0.1) is 0 Å². The molecule has 0 aliphatic heterocycles. The third-order valence-corrected chi connectivity index (χ3v) is 2.81. The van der Waals surface area contributed by atoms with Gasteiger partial charge in [-0.1, -0.05) is 6.58 Å². The van der Waals surface area contributed by atoms with E-state index in [0.29, 0.717) is 6.08 Å². The number of esters is 2. The molecule has 0 aromatic rings. The van der Waals surface area contributed by atoms with Crippen LogP contribution in [0.15, 0.2) is 12.7 Å². The van der Waals surface area contributed by atoms with E-state index in [1.165, 1.54) is 0 Å². The van der Waals surface area contributed by atoms with E-state index in [-0.39, 0.29) is 0 Å². The van der Waals surface area contributed by atoms with E-state index in [4.69, 9.17) is 4.55 Å². The average molecular weight is 356 g/mol. The van der Waals surface area contributed by atoms with Gasteiger partial charge in [-0.15, -0.1) is 0 Å². The van der Waals surface area contributed by atoms with E-state index in [1.54, 1.807) is 0 Å². The van der Waals surface area contributed by atoms with Crippen molar-refractivity contribution in [2.45, 2.75) is 24.0 Å². The molecule has 0 spiro atoms. The average Bonchev–Trinajstić information content (AvgIpc) is 2.32. The zero-order valence-electron chi connectivity index (χ0n) is 10.5. The number of hydrogen-bond acceptors (Lipinski definition) is 6. The number of carbonyl (C=O) groups excluding carboxylic acids is 2. The SMILES string of the molecule is C=CC(=O)OCCC(=O)OC(C(F)(F)F)C(F)(F)S(=O)(=O)O. The Kier molecular flexibility index (Phi) is 6.44. The van der Waals surface area contributed by atoms with Crippen molar-refractivity contribution < 1.29 is 54.0 Å². The smallest absolute Gasteiger partial charge is 0.432 e. The molecule has 0 saturated heterocycles. The first-order valence-electron chi connectivity index (χ1n) is 5.13. The van der Waals surface area contributed by atoms with Gasteiger partial charge in [-0.25, -0.2) is 4.79 Å². The summed E-state index contributed by atoms with van der Waals surface area (Å²) in [7, 11) is -6.50. The lowest BCUT2D eigenvalue weighted by Crippen LogP contribution is -2.52. The van der Waals surface area contributed by atoms with Gasteiger partial charge in [0.05, 0.1) is 6.42 Å². The Balaban J connectivity index is 5.01. The van der Waals surface area contributed by atoms with Crippen LogP contribution in [0.4, 0.5) is 22.0 Å². The summed E-state index contributed by atoms with van der Waals surface area (Å²) in [5.41, 5.74) is 0. The zero-order valence-corrected chi connectivity index (χ0v) is 11.3. The van der Waals surface area contributed by atoms with Crippen molar-refractivity contribution in [3.05, 3.63) is 12.7 Å². The first kappa shape index (κ1) is 20.2. The summed E-state index contributed by atoms with van der Waals surface area (Å²) < 4.78 is 99.4. The first-order valence-corrected chi connectivity index (χ1v) is 6.57. The zero-order chi connectivity index (χ0) is 17.8. The van der Waals surface area contributed by atoms with E-state index in [0.717, 1.165) is 0 Å². The lowest BCUT2D eigenvalue weighted by Gasteiger charge is -2.25. The van der Waals surface area contributed by atoms with Gasteiger partial charge in [0.15, 0.2) is 0 Å². The highest BCUT2D eigenvalue weighted by molar-refractivity contribution is 7.86. The van der Waals surface area contributed by atoms with Crippen molar-refractivity contribution in [2.24, 2.45) is 0 Å². The molecule has 13 heteroatoms. The van der Waals surface area contributed by atoms with Crippen molar-refractivity contribution in [3.63, 3.8) is 0 Å². The minimum atomic E-state index is -6.50. The largest absolute Gasteiger partial charge is 0.462 e. The molecule has 0 fully saturated rings. The summed E-state index contributed by atoms with van der Waals surface area (Å²) in [5, 5.41) is -5.81. The third kappa shape index (κ3) is 5.55. The molecule has 0 aliphatic rings. The van der Waals surface area contributed by atoms with Gasteiger partial charge in [-0.05, 0) is 0 Å². The van der Waals surface area contributed by atoms with Gasteiger partial charge in [-0.2, -0.15) is 30.4 Å². The normalized spacial score (nSPS) is 14.1. The Morgan fingerprint density at radius 1 is 1.23 bits per heavy atom. The predicted molar refractivity (Wildman–Crippen MR) is 58.2 cm³/mol. The maximum atomic E-state index is 13.0. The van der Waals surface area contributed by atoms with Crippen molar-refractivity contribution in [3.8, 4) is 0 Å². The van der Waals surface area contributed by atoms with Gasteiger partial charge in [0.1, 0.15) is 6.61 Å². The quantitative estimate of drug-likeness (QED) is 0.315. The summed E-state index contributed by atoms with van der Waals surface area (Å²) in [4.78, 5) is 21.6. The second kappa shape index (κ2) is 7.00. The Hall–Kier alpha value is -1.76. The molecular formula is C9H9F5O7S. The van der Waals surface area contributed by atoms with E-state index >= 15 is 0 Å². The van der Waals surface area contributed by atoms with Gasteiger partial charge in [0.2, 0.25) is 0 Å². The topological polar surface area (TPSA) is 107 Å². The molecule has 7 nitrogen and oxygen atoms in total. The molecule has 0 aromatic heterocycles. The molecule has 0 heterocycles. The fraction of sp³-hybridized carbons (Fsp3) is 0.556. The van der Waals surface area contributed by atoms with E-state index in [2.05, 4.69) is 16.1 Å². The molecule has 0 radical (unpaired) electrons. The van der Waals surface area contributed by atoms with Crippen LogP contribution in [0.5, 0.6) is 0 Å². The van der Waals surface area contributed by atoms with Crippen LogP contribution >= 0.6 is 0 Å². The van der Waals surface area contributed by atoms with Gasteiger partial charge >= 0.3 is 33.5 Å². The van der Waals surface area contributed by atoms with E-state index < -0.39 is 52.6 Å². The second-order valence-electron chi connectivity index (χ2n) is 3.57. The summed E-state index contributed by atoms with van der Waals surface area (Å²) in [6.45, 7) is 2.15. The molecule has 0 aliphatic carbocycles. The van der Waals surface area contributed by atoms with Crippen LogP contribution in [0.3, 0.4) is 0 Å². The Labute approximate surface area is 120 Å². The molecule has 0 saturated carbocycles. The molecule has 1 atom stereocenters. The van der Waals surface area contributed by atoms with Crippen LogP contribution in [-0.2, 0) is 29.2 Å². The maximum Gasteiger partial charge on any atom is 0.432 e. The lowest BCUT2D eigenvalue weighted by molar-refractivity contribution is -0.259. The van der Waals surface area contributed by atoms with Crippen molar-refractivity contribution >= 4 is 22.1 Å². The number of hydrogen-bond donors (Lipinski definition) is 1. The number of alkyl halides is 5. The molecule has 128 valence electrons. The van der Waals surface area contributed by atoms with Crippen LogP contribution in [0.1, 0.15) is 6.42 Å². The minimum Gasteiger partial charge on any atom is -0.462 e. The van der Waals surface area contributed by atoms with Gasteiger partial charge in [-0.3, -0.25) is 9.35 Å². The Bertz CT molecular complexity index is 539. The second-order valence-corrected chi connectivity index (χ2v) is 5.06. The highest BCUT2D eigenvalue weighted by Crippen LogP contribution is 2.38. The standard InChI is InChI=1S/C9H9F5O7S/c1-2-5(15)20-4-3-6(16)21-7(8(10,11)12)9(13,14)22(17,18)19/h2,7H,1,3-4H2,(H,17,18,19). The van der Waals surface area contributed by atoms with Crippen LogP contribution in [0.2, 0.25) is 0 Å². The summed E-state index contributed by atoms with van der Waals surface area (Å²) in [5.74, 6) is -2.97.